The van der Waals surface area contributed by atoms with Crippen molar-refractivity contribution in [1.82, 2.24) is 0 Å². The topological polar surface area (TPSA) is 51.2 Å². The van der Waals surface area contributed by atoms with E-state index in [4.69, 9.17) is 0 Å². The third kappa shape index (κ3) is 3.88. The number of carbonyl (C=O) groups is 1. The lowest BCUT2D eigenvalue weighted by Crippen LogP contribution is -2.29. The molecule has 0 fully saturated rings. The minimum absolute atomic E-state index is 0.000418. The summed E-state index contributed by atoms with van der Waals surface area (Å²) in [4.78, 5) is 12.0. The highest BCUT2D eigenvalue weighted by molar-refractivity contribution is 9.12. The molecular formula is C11H14Br2O3S2. The molecule has 0 saturated heterocycles. The molecule has 0 aliphatic heterocycles. The summed E-state index contributed by atoms with van der Waals surface area (Å²) in [6.45, 7) is 5.32. The Morgan fingerprint density at radius 3 is 2.28 bits per heavy atom. The molecule has 0 amide bonds. The molecule has 3 nitrogen and oxygen atoms in total. The van der Waals surface area contributed by atoms with Crippen molar-refractivity contribution in [2.75, 3.05) is 5.75 Å². The third-order valence-electron chi connectivity index (χ3n) is 2.79. The average Bonchev–Trinajstić information content (AvgIpc) is 2.55. The van der Waals surface area contributed by atoms with Crippen LogP contribution in [0.1, 0.15) is 31.1 Å². The molecule has 1 aromatic heterocycles. The molecule has 0 bridgehead atoms. The molecule has 0 aliphatic carbocycles. The smallest absolute Gasteiger partial charge is 0.179 e. The maximum atomic E-state index is 12.0. The van der Waals surface area contributed by atoms with Gasteiger partial charge in [0.15, 0.2) is 15.6 Å². The number of Topliss-reactive ketones (excluding diaryl/α,β-unsaturated/α-hetero) is 1. The number of rotatable bonds is 5. The fourth-order valence-electron chi connectivity index (χ4n) is 1.34. The van der Waals surface area contributed by atoms with Crippen LogP contribution in [-0.2, 0) is 9.84 Å². The zero-order valence-electron chi connectivity index (χ0n) is 10.2. The van der Waals surface area contributed by atoms with Crippen LogP contribution < -0.4 is 0 Å². The maximum absolute atomic E-state index is 12.0. The van der Waals surface area contributed by atoms with Gasteiger partial charge in [0, 0.05) is 5.56 Å². The van der Waals surface area contributed by atoms with Crippen LogP contribution in [0.2, 0.25) is 0 Å². The zero-order valence-corrected chi connectivity index (χ0v) is 15.0. The molecule has 1 unspecified atom stereocenters. The van der Waals surface area contributed by atoms with E-state index in [2.05, 4.69) is 31.9 Å². The molecule has 1 atom stereocenters. The molecule has 18 heavy (non-hydrogen) atoms. The Hall–Kier alpha value is 0.280. The number of hydrogen-bond donors (Lipinski definition) is 0. The first-order chi connectivity index (χ1) is 8.15. The summed E-state index contributed by atoms with van der Waals surface area (Å²) in [5.74, 6) is -0.800. The average molecular weight is 418 g/mol. The van der Waals surface area contributed by atoms with E-state index < -0.39 is 20.8 Å². The Bertz CT molecular complexity index is 547. The minimum atomic E-state index is -3.40. The Balaban J connectivity index is 2.92. The van der Waals surface area contributed by atoms with Gasteiger partial charge in [0.25, 0.3) is 0 Å². The minimum Gasteiger partial charge on any atom is -0.293 e. The molecule has 0 N–H and O–H groups in total. The van der Waals surface area contributed by atoms with Crippen LogP contribution in [0.3, 0.4) is 0 Å². The first-order valence-electron chi connectivity index (χ1n) is 5.34. The molecule has 0 radical (unpaired) electrons. The van der Waals surface area contributed by atoms with Crippen molar-refractivity contribution < 1.29 is 13.2 Å². The van der Waals surface area contributed by atoms with E-state index in [9.17, 15) is 13.2 Å². The highest BCUT2D eigenvalue weighted by Gasteiger charge is 2.28. The Morgan fingerprint density at radius 1 is 1.33 bits per heavy atom. The summed E-state index contributed by atoms with van der Waals surface area (Å²) in [6.07, 6.45) is 0. The summed E-state index contributed by atoms with van der Waals surface area (Å²) >= 11 is 7.89. The van der Waals surface area contributed by atoms with Crippen LogP contribution in [0, 0.1) is 5.92 Å². The highest BCUT2D eigenvalue weighted by Crippen LogP contribution is 2.32. The first-order valence-corrected chi connectivity index (χ1v) is 9.46. The summed E-state index contributed by atoms with van der Waals surface area (Å²) in [6, 6.07) is 1.65. The molecular weight excluding hydrogens is 404 g/mol. The van der Waals surface area contributed by atoms with Gasteiger partial charge < -0.3 is 0 Å². The van der Waals surface area contributed by atoms with Gasteiger partial charge in [0.05, 0.1) is 12.8 Å². The normalized spacial score (nSPS) is 13.9. The molecule has 0 spiro atoms. The summed E-state index contributed by atoms with van der Waals surface area (Å²) in [5.41, 5.74) is 0.423. The van der Waals surface area contributed by atoms with E-state index in [0.717, 1.165) is 3.79 Å². The van der Waals surface area contributed by atoms with Crippen molar-refractivity contribution in [2.45, 2.75) is 26.0 Å². The number of ketones is 1. The first kappa shape index (κ1) is 16.3. The summed E-state index contributed by atoms with van der Waals surface area (Å²) in [7, 11) is -3.40. The fraction of sp³-hybridized carbons (Fsp3) is 0.545. The predicted molar refractivity (Wildman–Crippen MR) is 82.1 cm³/mol. The van der Waals surface area contributed by atoms with E-state index in [-0.39, 0.29) is 11.7 Å². The van der Waals surface area contributed by atoms with E-state index in [0.29, 0.717) is 9.35 Å². The van der Waals surface area contributed by atoms with E-state index in [1.165, 1.54) is 11.3 Å². The highest BCUT2D eigenvalue weighted by atomic mass is 79.9. The quantitative estimate of drug-likeness (QED) is 0.682. The second-order valence-corrected chi connectivity index (χ2v) is 10.5. The number of halogens is 2. The molecule has 0 aromatic carbocycles. The van der Waals surface area contributed by atoms with Crippen LogP contribution in [0.5, 0.6) is 0 Å². The van der Waals surface area contributed by atoms with Crippen LogP contribution in [0.15, 0.2) is 13.6 Å². The number of carbonyl (C=O) groups excluding carboxylic acids is 1. The van der Waals surface area contributed by atoms with Gasteiger partial charge in [0.1, 0.15) is 5.75 Å². The number of thiophene rings is 1. The van der Waals surface area contributed by atoms with Crippen molar-refractivity contribution in [3.05, 3.63) is 19.2 Å². The van der Waals surface area contributed by atoms with Gasteiger partial charge in [-0.25, -0.2) is 8.42 Å². The van der Waals surface area contributed by atoms with Gasteiger partial charge in [-0.3, -0.25) is 4.79 Å². The lowest BCUT2D eigenvalue weighted by Gasteiger charge is -2.15. The lowest BCUT2D eigenvalue weighted by molar-refractivity contribution is 0.102. The van der Waals surface area contributed by atoms with Crippen molar-refractivity contribution >= 4 is 58.8 Å². The van der Waals surface area contributed by atoms with Crippen LogP contribution in [-0.4, -0.2) is 25.2 Å². The number of hydrogen-bond acceptors (Lipinski definition) is 4. The molecule has 102 valence electrons. The van der Waals surface area contributed by atoms with E-state index >= 15 is 0 Å². The van der Waals surface area contributed by atoms with Crippen LogP contribution in [0.25, 0.3) is 0 Å². The monoisotopic (exact) mass is 416 g/mol. The van der Waals surface area contributed by atoms with Gasteiger partial charge in [0.2, 0.25) is 0 Å². The van der Waals surface area contributed by atoms with Crippen molar-refractivity contribution in [3.8, 4) is 0 Å². The Morgan fingerprint density at radius 2 is 1.89 bits per heavy atom. The van der Waals surface area contributed by atoms with Gasteiger partial charge in [-0.15, -0.1) is 11.3 Å². The van der Waals surface area contributed by atoms with Gasteiger partial charge in [-0.1, -0.05) is 13.8 Å². The molecule has 1 heterocycles. The van der Waals surface area contributed by atoms with E-state index in [1.54, 1.807) is 13.0 Å². The zero-order chi connectivity index (χ0) is 14.1. The van der Waals surface area contributed by atoms with Crippen molar-refractivity contribution in [3.63, 3.8) is 0 Å². The molecule has 0 saturated carbocycles. The SMILES string of the molecule is CC(C)C(C)S(=O)(=O)CC(=O)c1cc(Br)sc1Br. The third-order valence-corrected chi connectivity index (χ3v) is 7.48. The molecule has 1 aromatic rings. The predicted octanol–water partition coefficient (Wildman–Crippen LogP) is 3.92. The fourth-order valence-corrected chi connectivity index (χ4v) is 5.81. The second-order valence-electron chi connectivity index (χ2n) is 4.42. The molecule has 7 heteroatoms. The van der Waals surface area contributed by atoms with Gasteiger partial charge in [-0.2, -0.15) is 0 Å². The number of sulfone groups is 1. The van der Waals surface area contributed by atoms with Crippen LogP contribution >= 0.6 is 43.2 Å². The van der Waals surface area contributed by atoms with Gasteiger partial charge >= 0.3 is 0 Å². The Labute approximate surface area is 128 Å². The molecule has 1 rings (SSSR count). The standard InChI is InChI=1S/C11H14Br2O3S2/c1-6(2)7(3)18(15,16)5-9(14)8-4-10(12)17-11(8)13/h4,6-7H,5H2,1-3H3. The largest absolute Gasteiger partial charge is 0.293 e. The lowest BCUT2D eigenvalue weighted by atomic mass is 10.2. The maximum Gasteiger partial charge on any atom is 0.179 e. The summed E-state index contributed by atoms with van der Waals surface area (Å²) in [5, 5.41) is -0.512. The van der Waals surface area contributed by atoms with Gasteiger partial charge in [-0.05, 0) is 50.8 Å². The van der Waals surface area contributed by atoms with Crippen LogP contribution in [0.4, 0.5) is 0 Å². The Kier molecular flexibility index (Phi) is 5.58. The van der Waals surface area contributed by atoms with Crippen molar-refractivity contribution in [2.24, 2.45) is 5.92 Å². The summed E-state index contributed by atoms with van der Waals surface area (Å²) < 4.78 is 25.5. The second kappa shape index (κ2) is 6.15. The van der Waals surface area contributed by atoms with Crippen molar-refractivity contribution in [1.29, 1.82) is 0 Å². The van der Waals surface area contributed by atoms with E-state index in [1.807, 2.05) is 13.8 Å². The molecule has 0 aliphatic rings.